The normalized spacial score (nSPS) is 10.2. The molecule has 0 aliphatic rings. The predicted molar refractivity (Wildman–Crippen MR) is 100 cm³/mol. The summed E-state index contributed by atoms with van der Waals surface area (Å²) in [5.41, 5.74) is 13.4. The summed E-state index contributed by atoms with van der Waals surface area (Å²) in [7, 11) is 1.89. The lowest BCUT2D eigenvalue weighted by Crippen LogP contribution is -2.30. The van der Waals surface area contributed by atoms with Gasteiger partial charge in [0.05, 0.1) is 0 Å². The lowest BCUT2D eigenvalue weighted by atomic mass is 10.2. The molecule has 2 aromatic heterocycles. The van der Waals surface area contributed by atoms with Crippen LogP contribution in [-0.4, -0.2) is 27.9 Å². The van der Waals surface area contributed by atoms with Gasteiger partial charge in [-0.2, -0.15) is 0 Å². The Hall–Kier alpha value is -3.68. The zero-order chi connectivity index (χ0) is 18.4. The third-order valence-electron chi connectivity index (χ3n) is 3.72. The molecule has 0 aliphatic heterocycles. The Morgan fingerprint density at radius 1 is 1.12 bits per heavy atom. The van der Waals surface area contributed by atoms with Gasteiger partial charge in [0, 0.05) is 31.5 Å². The van der Waals surface area contributed by atoms with Crippen LogP contribution in [0.4, 0.5) is 17.3 Å². The number of carbonyl (C=O) groups is 1. The molecule has 0 radical (unpaired) electrons. The number of hydrogen-bond donors (Lipinski definition) is 3. The molecular formula is C18H19N7O. The predicted octanol–water partition coefficient (Wildman–Crippen LogP) is 1.85. The van der Waals surface area contributed by atoms with Gasteiger partial charge in [-0.05, 0) is 17.7 Å². The van der Waals surface area contributed by atoms with Gasteiger partial charge >= 0.3 is 0 Å². The van der Waals surface area contributed by atoms with Gasteiger partial charge in [0.15, 0.2) is 11.6 Å². The van der Waals surface area contributed by atoms with E-state index in [-0.39, 0.29) is 5.91 Å². The molecule has 0 saturated carbocycles. The minimum atomic E-state index is -0.315. The van der Waals surface area contributed by atoms with Crippen LogP contribution in [0.2, 0.25) is 0 Å². The molecule has 0 aliphatic carbocycles. The number of hydrazine groups is 1. The molecule has 4 N–H and O–H groups in total. The van der Waals surface area contributed by atoms with E-state index >= 15 is 0 Å². The number of hydrogen-bond acceptors (Lipinski definition) is 7. The molecule has 0 spiro atoms. The van der Waals surface area contributed by atoms with Crippen molar-refractivity contribution in [1.29, 1.82) is 0 Å². The van der Waals surface area contributed by atoms with Crippen molar-refractivity contribution in [2.75, 3.05) is 23.1 Å². The molecule has 8 nitrogen and oxygen atoms in total. The van der Waals surface area contributed by atoms with E-state index in [0.717, 1.165) is 5.56 Å². The summed E-state index contributed by atoms with van der Waals surface area (Å²) in [4.78, 5) is 26.2. The van der Waals surface area contributed by atoms with Crippen LogP contribution in [0.3, 0.4) is 0 Å². The van der Waals surface area contributed by atoms with Gasteiger partial charge in [-0.15, -0.1) is 0 Å². The SMILES string of the molecule is CN(Cc1ccccc1)c1ncnc(NNC(=O)c2ccncc2)c1N. The summed E-state index contributed by atoms with van der Waals surface area (Å²) in [6.07, 6.45) is 4.49. The summed E-state index contributed by atoms with van der Waals surface area (Å²) in [6.45, 7) is 0.644. The summed E-state index contributed by atoms with van der Waals surface area (Å²) >= 11 is 0. The highest BCUT2D eigenvalue weighted by Gasteiger charge is 2.13. The first-order valence-electron chi connectivity index (χ1n) is 7.97. The third-order valence-corrected chi connectivity index (χ3v) is 3.72. The lowest BCUT2D eigenvalue weighted by molar-refractivity contribution is 0.0962. The van der Waals surface area contributed by atoms with Crippen molar-refractivity contribution < 1.29 is 4.79 Å². The molecular weight excluding hydrogens is 330 g/mol. The number of carbonyl (C=O) groups excluding carboxylic acids is 1. The van der Waals surface area contributed by atoms with E-state index in [2.05, 4.69) is 25.8 Å². The number of pyridine rings is 1. The number of amides is 1. The van der Waals surface area contributed by atoms with Crippen LogP contribution in [0.1, 0.15) is 15.9 Å². The lowest BCUT2D eigenvalue weighted by Gasteiger charge is -2.21. The molecule has 3 aromatic rings. The summed E-state index contributed by atoms with van der Waals surface area (Å²) in [5.74, 6) is 0.589. The first kappa shape index (κ1) is 17.2. The second-order valence-corrected chi connectivity index (χ2v) is 5.62. The first-order chi connectivity index (χ1) is 12.6. The van der Waals surface area contributed by atoms with Crippen LogP contribution in [0.15, 0.2) is 61.2 Å². The Labute approximate surface area is 151 Å². The van der Waals surface area contributed by atoms with Crippen molar-refractivity contribution in [2.45, 2.75) is 6.54 Å². The Bertz CT molecular complexity index is 871. The maximum atomic E-state index is 12.1. The van der Waals surface area contributed by atoms with E-state index in [4.69, 9.17) is 5.73 Å². The number of nitrogens with two attached hydrogens (primary N) is 1. The Morgan fingerprint density at radius 2 is 1.85 bits per heavy atom. The standard InChI is InChI=1S/C18H19N7O/c1-25(11-13-5-3-2-4-6-13)17-15(19)16(21-12-22-17)23-24-18(26)14-7-9-20-10-8-14/h2-10,12H,11,19H2,1H3,(H,24,26)(H,21,22,23). The van der Waals surface area contributed by atoms with Crippen LogP contribution in [0.5, 0.6) is 0 Å². The highest BCUT2D eigenvalue weighted by molar-refractivity contribution is 5.95. The van der Waals surface area contributed by atoms with Gasteiger partial charge in [-0.1, -0.05) is 30.3 Å². The smallest absolute Gasteiger partial charge is 0.269 e. The Balaban J connectivity index is 1.70. The number of benzene rings is 1. The number of nitrogens with zero attached hydrogens (tertiary/aromatic N) is 4. The maximum Gasteiger partial charge on any atom is 0.269 e. The fraction of sp³-hybridized carbons (Fsp3) is 0.111. The van der Waals surface area contributed by atoms with Crippen LogP contribution >= 0.6 is 0 Å². The fourth-order valence-electron chi connectivity index (χ4n) is 2.41. The zero-order valence-corrected chi connectivity index (χ0v) is 14.3. The molecule has 0 unspecified atom stereocenters. The quantitative estimate of drug-likeness (QED) is 0.583. The summed E-state index contributed by atoms with van der Waals surface area (Å²) in [5, 5.41) is 0. The highest BCUT2D eigenvalue weighted by Crippen LogP contribution is 2.25. The minimum absolute atomic E-state index is 0.315. The third kappa shape index (κ3) is 4.04. The molecule has 1 aromatic carbocycles. The zero-order valence-electron chi connectivity index (χ0n) is 14.3. The second kappa shape index (κ2) is 7.93. The van der Waals surface area contributed by atoms with Gasteiger partial charge in [-0.3, -0.25) is 20.6 Å². The van der Waals surface area contributed by atoms with Crippen molar-refractivity contribution in [3.63, 3.8) is 0 Å². The maximum absolute atomic E-state index is 12.1. The van der Waals surface area contributed by atoms with E-state index in [1.165, 1.54) is 6.33 Å². The summed E-state index contributed by atoms with van der Waals surface area (Å²) in [6, 6.07) is 13.2. The molecule has 0 atom stereocenters. The van der Waals surface area contributed by atoms with Crippen molar-refractivity contribution in [2.24, 2.45) is 0 Å². The molecule has 8 heteroatoms. The van der Waals surface area contributed by atoms with Crippen LogP contribution in [0, 0.1) is 0 Å². The first-order valence-corrected chi connectivity index (χ1v) is 7.97. The number of anilines is 3. The molecule has 0 bridgehead atoms. The van der Waals surface area contributed by atoms with Gasteiger partial charge in [0.2, 0.25) is 0 Å². The average Bonchev–Trinajstić information content (AvgIpc) is 2.68. The monoisotopic (exact) mass is 349 g/mol. The minimum Gasteiger partial charge on any atom is -0.393 e. The highest BCUT2D eigenvalue weighted by atomic mass is 16.2. The summed E-state index contributed by atoms with van der Waals surface area (Å²) < 4.78 is 0. The van der Waals surface area contributed by atoms with Gasteiger partial charge in [-0.25, -0.2) is 9.97 Å². The van der Waals surface area contributed by atoms with Gasteiger partial charge in [0.25, 0.3) is 5.91 Å². The molecule has 1 amide bonds. The molecule has 26 heavy (non-hydrogen) atoms. The topological polar surface area (TPSA) is 109 Å². The Kier molecular flexibility index (Phi) is 5.23. The van der Waals surface area contributed by atoms with Crippen LogP contribution in [-0.2, 0) is 6.54 Å². The van der Waals surface area contributed by atoms with Crippen molar-refractivity contribution in [1.82, 2.24) is 20.4 Å². The largest absolute Gasteiger partial charge is 0.393 e. The number of aromatic nitrogens is 3. The second-order valence-electron chi connectivity index (χ2n) is 5.62. The number of nitrogen functional groups attached to an aromatic ring is 1. The molecule has 2 heterocycles. The molecule has 3 rings (SSSR count). The van der Waals surface area contributed by atoms with Crippen molar-refractivity contribution in [3.8, 4) is 0 Å². The van der Waals surface area contributed by atoms with Gasteiger partial charge < -0.3 is 10.6 Å². The van der Waals surface area contributed by atoms with Crippen LogP contribution in [0.25, 0.3) is 0 Å². The molecule has 132 valence electrons. The van der Waals surface area contributed by atoms with E-state index in [1.54, 1.807) is 24.5 Å². The van der Waals surface area contributed by atoms with E-state index in [1.807, 2.05) is 42.3 Å². The van der Waals surface area contributed by atoms with Crippen molar-refractivity contribution in [3.05, 3.63) is 72.3 Å². The molecule has 0 saturated heterocycles. The number of nitrogens with one attached hydrogen (secondary N) is 2. The van der Waals surface area contributed by atoms with E-state index in [0.29, 0.717) is 29.4 Å². The Morgan fingerprint density at radius 3 is 2.58 bits per heavy atom. The average molecular weight is 349 g/mol. The van der Waals surface area contributed by atoms with Crippen molar-refractivity contribution >= 4 is 23.2 Å². The molecule has 0 fully saturated rings. The van der Waals surface area contributed by atoms with Crippen LogP contribution < -0.4 is 21.5 Å². The number of rotatable bonds is 6. The van der Waals surface area contributed by atoms with E-state index < -0.39 is 0 Å². The van der Waals surface area contributed by atoms with E-state index in [9.17, 15) is 4.79 Å². The van der Waals surface area contributed by atoms with Gasteiger partial charge in [0.1, 0.15) is 12.0 Å². The fourth-order valence-corrected chi connectivity index (χ4v) is 2.41.